The van der Waals surface area contributed by atoms with E-state index in [1.807, 2.05) is 4.90 Å². The van der Waals surface area contributed by atoms with Gasteiger partial charge in [0.2, 0.25) is 5.91 Å². The zero-order valence-electron chi connectivity index (χ0n) is 12.7. The Bertz CT molecular complexity index is 321. The SMILES string of the molecule is CC1CCCCN1C(C)(C)C(=O)N1CCC(N)CC1. The second-order valence-electron chi connectivity index (χ2n) is 6.73. The summed E-state index contributed by atoms with van der Waals surface area (Å²) in [4.78, 5) is 17.2. The smallest absolute Gasteiger partial charge is 0.242 e. The van der Waals surface area contributed by atoms with Gasteiger partial charge in [-0.25, -0.2) is 0 Å². The molecular weight excluding hydrogens is 238 g/mol. The second-order valence-corrected chi connectivity index (χ2v) is 6.73. The fourth-order valence-corrected chi connectivity index (χ4v) is 3.54. The lowest BCUT2D eigenvalue weighted by atomic mass is 9.92. The topological polar surface area (TPSA) is 49.6 Å². The summed E-state index contributed by atoms with van der Waals surface area (Å²) in [5, 5.41) is 0. The van der Waals surface area contributed by atoms with Crippen LogP contribution in [0.25, 0.3) is 0 Å². The highest BCUT2D eigenvalue weighted by Gasteiger charge is 2.41. The maximum Gasteiger partial charge on any atom is 0.242 e. The molecule has 2 fully saturated rings. The number of piperidine rings is 2. The first-order valence-corrected chi connectivity index (χ1v) is 7.74. The van der Waals surface area contributed by atoms with E-state index in [1.54, 1.807) is 0 Å². The fraction of sp³-hybridized carbons (Fsp3) is 0.933. The highest BCUT2D eigenvalue weighted by Crippen LogP contribution is 2.28. The molecule has 1 unspecified atom stereocenters. The second kappa shape index (κ2) is 5.80. The van der Waals surface area contributed by atoms with Gasteiger partial charge in [0, 0.05) is 25.2 Å². The number of nitrogens with zero attached hydrogens (tertiary/aromatic N) is 2. The molecule has 1 atom stereocenters. The summed E-state index contributed by atoms with van der Waals surface area (Å²) >= 11 is 0. The minimum absolute atomic E-state index is 0.279. The molecule has 1 amide bonds. The Balaban J connectivity index is 2.03. The van der Waals surface area contributed by atoms with Crippen molar-refractivity contribution in [2.45, 2.75) is 70.5 Å². The van der Waals surface area contributed by atoms with Gasteiger partial charge in [-0.15, -0.1) is 0 Å². The van der Waals surface area contributed by atoms with Gasteiger partial charge < -0.3 is 10.6 Å². The summed E-state index contributed by atoms with van der Waals surface area (Å²) in [6, 6.07) is 0.792. The van der Waals surface area contributed by atoms with Crippen LogP contribution in [-0.4, -0.2) is 53.0 Å². The molecule has 2 aliphatic heterocycles. The summed E-state index contributed by atoms with van der Waals surface area (Å²) in [7, 11) is 0. The molecule has 4 nitrogen and oxygen atoms in total. The molecule has 4 heteroatoms. The van der Waals surface area contributed by atoms with Gasteiger partial charge in [0.05, 0.1) is 5.54 Å². The third kappa shape index (κ3) is 3.11. The van der Waals surface area contributed by atoms with Crippen LogP contribution in [0.5, 0.6) is 0 Å². The van der Waals surface area contributed by atoms with E-state index in [1.165, 1.54) is 19.3 Å². The molecule has 2 N–H and O–H groups in total. The zero-order chi connectivity index (χ0) is 14.0. The van der Waals surface area contributed by atoms with Crippen LogP contribution in [0.1, 0.15) is 52.9 Å². The molecule has 0 radical (unpaired) electrons. The first-order valence-electron chi connectivity index (χ1n) is 7.74. The lowest BCUT2D eigenvalue weighted by Gasteiger charge is -2.46. The maximum absolute atomic E-state index is 12.8. The Kier molecular flexibility index (Phi) is 4.51. The molecule has 110 valence electrons. The molecule has 0 aromatic carbocycles. The summed E-state index contributed by atoms with van der Waals surface area (Å²) in [5.74, 6) is 0.285. The Morgan fingerprint density at radius 2 is 1.74 bits per heavy atom. The molecule has 2 heterocycles. The van der Waals surface area contributed by atoms with Crippen molar-refractivity contribution in [2.75, 3.05) is 19.6 Å². The van der Waals surface area contributed by atoms with E-state index in [9.17, 15) is 4.79 Å². The van der Waals surface area contributed by atoms with E-state index >= 15 is 0 Å². The molecule has 2 aliphatic rings. The molecule has 0 saturated carbocycles. The Labute approximate surface area is 117 Å². The fourth-order valence-electron chi connectivity index (χ4n) is 3.54. The van der Waals surface area contributed by atoms with E-state index in [0.29, 0.717) is 6.04 Å². The lowest BCUT2D eigenvalue weighted by molar-refractivity contribution is -0.146. The number of carbonyl (C=O) groups excluding carboxylic acids is 1. The monoisotopic (exact) mass is 267 g/mol. The molecule has 2 rings (SSSR count). The zero-order valence-corrected chi connectivity index (χ0v) is 12.7. The summed E-state index contributed by atoms with van der Waals surface area (Å²) in [5.41, 5.74) is 5.55. The van der Waals surface area contributed by atoms with Crippen LogP contribution >= 0.6 is 0 Å². The van der Waals surface area contributed by atoms with Gasteiger partial charge in [0.15, 0.2) is 0 Å². The largest absolute Gasteiger partial charge is 0.341 e. The van der Waals surface area contributed by atoms with Crippen LogP contribution in [0.15, 0.2) is 0 Å². The minimum Gasteiger partial charge on any atom is -0.341 e. The Morgan fingerprint density at radius 3 is 2.32 bits per heavy atom. The molecule has 0 bridgehead atoms. The lowest BCUT2D eigenvalue weighted by Crippen LogP contribution is -2.61. The summed E-state index contributed by atoms with van der Waals surface area (Å²) in [6.07, 6.45) is 5.60. The normalized spacial score (nSPS) is 27.6. The quantitative estimate of drug-likeness (QED) is 0.826. The molecule has 2 saturated heterocycles. The van der Waals surface area contributed by atoms with Gasteiger partial charge in [0.1, 0.15) is 0 Å². The van der Waals surface area contributed by atoms with Crippen LogP contribution in [0.2, 0.25) is 0 Å². The number of nitrogens with two attached hydrogens (primary N) is 1. The van der Waals surface area contributed by atoms with Gasteiger partial charge in [-0.1, -0.05) is 6.42 Å². The van der Waals surface area contributed by atoms with Crippen molar-refractivity contribution in [1.82, 2.24) is 9.80 Å². The molecule has 0 spiro atoms. The maximum atomic E-state index is 12.8. The van der Waals surface area contributed by atoms with Gasteiger partial charge in [-0.05, 0) is 53.0 Å². The predicted molar refractivity (Wildman–Crippen MR) is 77.9 cm³/mol. The van der Waals surface area contributed by atoms with E-state index in [-0.39, 0.29) is 17.5 Å². The minimum atomic E-state index is -0.374. The van der Waals surface area contributed by atoms with Gasteiger partial charge in [-0.2, -0.15) is 0 Å². The van der Waals surface area contributed by atoms with Crippen LogP contribution in [0, 0.1) is 0 Å². The van der Waals surface area contributed by atoms with Gasteiger partial charge in [0.25, 0.3) is 0 Å². The Hall–Kier alpha value is -0.610. The summed E-state index contributed by atoms with van der Waals surface area (Å²) in [6.45, 7) is 9.13. The van der Waals surface area contributed by atoms with Crippen LogP contribution in [0.4, 0.5) is 0 Å². The third-order valence-electron chi connectivity index (χ3n) is 4.87. The molecule has 0 aromatic heterocycles. The highest BCUT2D eigenvalue weighted by atomic mass is 16.2. The average Bonchev–Trinajstić information content (AvgIpc) is 2.39. The van der Waals surface area contributed by atoms with Crippen molar-refractivity contribution in [3.8, 4) is 0 Å². The number of rotatable bonds is 2. The first kappa shape index (κ1) is 14.8. The van der Waals surface area contributed by atoms with E-state index < -0.39 is 0 Å². The molecule has 0 aromatic rings. The van der Waals surface area contributed by atoms with E-state index in [0.717, 1.165) is 32.5 Å². The van der Waals surface area contributed by atoms with Crippen molar-refractivity contribution in [1.29, 1.82) is 0 Å². The van der Waals surface area contributed by atoms with Gasteiger partial charge in [-0.3, -0.25) is 9.69 Å². The van der Waals surface area contributed by atoms with Crippen molar-refractivity contribution in [2.24, 2.45) is 5.73 Å². The number of hydrogen-bond donors (Lipinski definition) is 1. The number of carbonyl (C=O) groups is 1. The van der Waals surface area contributed by atoms with Crippen molar-refractivity contribution < 1.29 is 4.79 Å². The molecule has 19 heavy (non-hydrogen) atoms. The van der Waals surface area contributed by atoms with E-state index in [4.69, 9.17) is 5.73 Å². The molecule has 0 aliphatic carbocycles. The van der Waals surface area contributed by atoms with E-state index in [2.05, 4.69) is 25.7 Å². The third-order valence-corrected chi connectivity index (χ3v) is 4.87. The standard InChI is InChI=1S/C15H29N3O/c1-12-6-4-5-9-18(12)15(2,3)14(19)17-10-7-13(16)8-11-17/h12-13H,4-11,16H2,1-3H3. The average molecular weight is 267 g/mol. The summed E-state index contributed by atoms with van der Waals surface area (Å²) < 4.78 is 0. The van der Waals surface area contributed by atoms with Crippen molar-refractivity contribution >= 4 is 5.91 Å². The van der Waals surface area contributed by atoms with Crippen LogP contribution < -0.4 is 5.73 Å². The Morgan fingerprint density at radius 1 is 1.11 bits per heavy atom. The number of likely N-dealkylation sites (tertiary alicyclic amines) is 2. The van der Waals surface area contributed by atoms with Gasteiger partial charge >= 0.3 is 0 Å². The number of amides is 1. The van der Waals surface area contributed by atoms with Crippen LogP contribution in [0.3, 0.4) is 0 Å². The van der Waals surface area contributed by atoms with Crippen molar-refractivity contribution in [3.05, 3.63) is 0 Å². The first-order chi connectivity index (χ1) is 8.93. The molecular formula is C15H29N3O. The van der Waals surface area contributed by atoms with Crippen LogP contribution in [-0.2, 0) is 4.79 Å². The van der Waals surface area contributed by atoms with Crippen molar-refractivity contribution in [3.63, 3.8) is 0 Å². The predicted octanol–water partition coefficient (Wildman–Crippen LogP) is 1.59. The highest BCUT2D eigenvalue weighted by molar-refractivity contribution is 5.85. The number of hydrogen-bond acceptors (Lipinski definition) is 3.